The van der Waals surface area contributed by atoms with Crippen molar-refractivity contribution in [2.45, 2.75) is 11.0 Å². The second-order valence-corrected chi connectivity index (χ2v) is 8.84. The molecule has 2 heterocycles. The number of ether oxygens (including phenoxy) is 2. The first-order chi connectivity index (χ1) is 13.5. The van der Waals surface area contributed by atoms with Crippen molar-refractivity contribution in [3.05, 3.63) is 53.6 Å². The van der Waals surface area contributed by atoms with Gasteiger partial charge in [-0.15, -0.1) is 0 Å². The van der Waals surface area contributed by atoms with Crippen molar-refractivity contribution in [3.8, 4) is 11.5 Å². The second-order valence-electron chi connectivity index (χ2n) is 6.52. The molecule has 148 valence electrons. The lowest BCUT2D eigenvalue weighted by Crippen LogP contribution is -2.55. The summed E-state index contributed by atoms with van der Waals surface area (Å²) < 4.78 is 38.3. The number of sulfonamides is 1. The Bertz CT molecular complexity index is 989. The van der Waals surface area contributed by atoms with E-state index in [1.165, 1.54) is 10.4 Å². The van der Waals surface area contributed by atoms with Crippen LogP contribution in [0.3, 0.4) is 0 Å². The number of carbonyl (C=O) groups excluding carboxylic acids is 1. The fraction of sp³-hybridized carbons (Fsp3) is 0.316. The zero-order chi connectivity index (χ0) is 19.7. The molecule has 2 aliphatic heterocycles. The van der Waals surface area contributed by atoms with Gasteiger partial charge >= 0.3 is 0 Å². The molecule has 0 bridgehead atoms. The first-order valence-electron chi connectivity index (χ1n) is 8.89. The molecule has 0 saturated carbocycles. The van der Waals surface area contributed by atoms with Gasteiger partial charge in [0.2, 0.25) is 16.1 Å². The molecule has 1 saturated heterocycles. The number of para-hydroxylation sites is 2. The monoisotopic (exact) mass is 422 g/mol. The fourth-order valence-electron chi connectivity index (χ4n) is 3.29. The zero-order valence-electron chi connectivity index (χ0n) is 15.0. The number of halogens is 1. The molecule has 2 aromatic carbocycles. The van der Waals surface area contributed by atoms with Gasteiger partial charge in [-0.05, 0) is 24.3 Å². The first kappa shape index (κ1) is 19.0. The minimum atomic E-state index is -3.70. The Morgan fingerprint density at radius 3 is 2.32 bits per heavy atom. The number of amides is 1. The molecule has 0 spiro atoms. The summed E-state index contributed by atoms with van der Waals surface area (Å²) in [5.41, 5.74) is 0. The first-order valence-corrected chi connectivity index (χ1v) is 10.7. The van der Waals surface area contributed by atoms with Crippen molar-refractivity contribution < 1.29 is 22.7 Å². The molecule has 28 heavy (non-hydrogen) atoms. The molecular weight excluding hydrogens is 404 g/mol. The van der Waals surface area contributed by atoms with Gasteiger partial charge in [0.25, 0.3) is 5.91 Å². The number of nitrogens with zero attached hydrogens (tertiary/aromatic N) is 2. The lowest BCUT2D eigenvalue weighted by atomic mass is 10.2. The number of rotatable bonds is 3. The molecule has 0 aliphatic carbocycles. The van der Waals surface area contributed by atoms with E-state index in [2.05, 4.69) is 0 Å². The quantitative estimate of drug-likeness (QED) is 0.756. The summed E-state index contributed by atoms with van der Waals surface area (Å²) >= 11 is 6.05. The molecule has 4 rings (SSSR count). The summed E-state index contributed by atoms with van der Waals surface area (Å²) in [5.74, 6) is 0.943. The van der Waals surface area contributed by atoms with E-state index >= 15 is 0 Å². The lowest BCUT2D eigenvalue weighted by Gasteiger charge is -2.36. The molecule has 0 aromatic heterocycles. The summed E-state index contributed by atoms with van der Waals surface area (Å²) in [7, 11) is -3.70. The molecule has 7 nitrogen and oxygen atoms in total. The Balaban J connectivity index is 1.41. The van der Waals surface area contributed by atoms with Crippen LogP contribution in [0.5, 0.6) is 11.5 Å². The van der Waals surface area contributed by atoms with Crippen molar-refractivity contribution in [1.29, 1.82) is 0 Å². The van der Waals surface area contributed by atoms with Crippen LogP contribution in [0.2, 0.25) is 5.02 Å². The number of hydrogen-bond donors (Lipinski definition) is 0. The van der Waals surface area contributed by atoms with Gasteiger partial charge in [-0.25, -0.2) is 8.42 Å². The predicted octanol–water partition coefficient (Wildman–Crippen LogP) is 2.01. The maximum absolute atomic E-state index is 12.8. The van der Waals surface area contributed by atoms with Gasteiger partial charge in [0, 0.05) is 26.2 Å². The molecule has 1 atom stereocenters. The van der Waals surface area contributed by atoms with Crippen LogP contribution in [-0.2, 0) is 14.8 Å². The van der Waals surface area contributed by atoms with Gasteiger partial charge in [0.15, 0.2) is 11.5 Å². The molecule has 2 aromatic rings. The smallest absolute Gasteiger partial charge is 0.267 e. The van der Waals surface area contributed by atoms with Crippen molar-refractivity contribution in [1.82, 2.24) is 9.21 Å². The molecule has 1 amide bonds. The normalized spacial score (nSPS) is 20.0. The second kappa shape index (κ2) is 7.62. The third-order valence-electron chi connectivity index (χ3n) is 4.79. The van der Waals surface area contributed by atoms with Gasteiger partial charge in [0.1, 0.15) is 11.5 Å². The Hall–Kier alpha value is -2.29. The van der Waals surface area contributed by atoms with E-state index in [0.717, 1.165) is 0 Å². The van der Waals surface area contributed by atoms with Crippen molar-refractivity contribution in [3.63, 3.8) is 0 Å². The molecule has 2 aliphatic rings. The summed E-state index contributed by atoms with van der Waals surface area (Å²) in [6, 6.07) is 13.5. The van der Waals surface area contributed by atoms with Crippen LogP contribution in [0.4, 0.5) is 0 Å². The number of hydrogen-bond acceptors (Lipinski definition) is 5. The zero-order valence-corrected chi connectivity index (χ0v) is 16.5. The highest BCUT2D eigenvalue weighted by Crippen LogP contribution is 2.31. The molecule has 0 N–H and O–H groups in total. The lowest BCUT2D eigenvalue weighted by molar-refractivity contribution is -0.142. The standard InChI is InChI=1S/C19H19ClN2O5S/c20-14-5-1-4-8-18(14)28(24,25)22-11-9-21(10-12-22)19(23)17-13-26-15-6-2-3-7-16(15)27-17/h1-8,17H,9-13H2. The van der Waals surface area contributed by atoms with Crippen LogP contribution in [0.15, 0.2) is 53.4 Å². The summed E-state index contributed by atoms with van der Waals surface area (Å²) in [6.07, 6.45) is -0.735. The Morgan fingerprint density at radius 1 is 0.964 bits per heavy atom. The van der Waals surface area contributed by atoms with Gasteiger partial charge in [0.05, 0.1) is 5.02 Å². The molecule has 1 unspecified atom stereocenters. The van der Waals surface area contributed by atoms with Gasteiger partial charge in [-0.2, -0.15) is 4.31 Å². The number of fused-ring (bicyclic) bond motifs is 1. The van der Waals surface area contributed by atoms with E-state index < -0.39 is 16.1 Å². The average Bonchev–Trinajstić information content (AvgIpc) is 2.73. The molecular formula is C19H19ClN2O5S. The van der Waals surface area contributed by atoms with Gasteiger partial charge in [-0.1, -0.05) is 35.9 Å². The van der Waals surface area contributed by atoms with Crippen LogP contribution >= 0.6 is 11.6 Å². The highest BCUT2D eigenvalue weighted by atomic mass is 35.5. The van der Waals surface area contributed by atoms with Gasteiger partial charge in [-0.3, -0.25) is 4.79 Å². The third-order valence-corrected chi connectivity index (χ3v) is 7.19. The number of carbonyl (C=O) groups is 1. The van der Waals surface area contributed by atoms with Crippen LogP contribution < -0.4 is 9.47 Å². The maximum atomic E-state index is 12.8. The highest BCUT2D eigenvalue weighted by Gasteiger charge is 2.35. The van der Waals surface area contributed by atoms with Crippen LogP contribution in [0.1, 0.15) is 0 Å². The van der Waals surface area contributed by atoms with E-state index in [4.69, 9.17) is 21.1 Å². The molecule has 9 heteroatoms. The van der Waals surface area contributed by atoms with E-state index in [0.29, 0.717) is 11.5 Å². The van der Waals surface area contributed by atoms with E-state index in [9.17, 15) is 13.2 Å². The minimum Gasteiger partial charge on any atom is -0.485 e. The van der Waals surface area contributed by atoms with Crippen molar-refractivity contribution in [2.24, 2.45) is 0 Å². The van der Waals surface area contributed by atoms with E-state index in [-0.39, 0.29) is 48.6 Å². The Labute approximate surface area is 168 Å². The topological polar surface area (TPSA) is 76.2 Å². The fourth-order valence-corrected chi connectivity index (χ4v) is 5.20. The highest BCUT2D eigenvalue weighted by molar-refractivity contribution is 7.89. The van der Waals surface area contributed by atoms with Crippen LogP contribution in [0, 0.1) is 0 Å². The van der Waals surface area contributed by atoms with E-state index in [1.807, 2.05) is 12.1 Å². The average molecular weight is 423 g/mol. The summed E-state index contributed by atoms with van der Waals surface area (Å²) in [6.45, 7) is 1.09. The number of benzene rings is 2. The maximum Gasteiger partial charge on any atom is 0.267 e. The molecule has 1 fully saturated rings. The Kier molecular flexibility index (Phi) is 5.18. The minimum absolute atomic E-state index is 0.0806. The van der Waals surface area contributed by atoms with E-state index in [1.54, 1.807) is 35.2 Å². The summed E-state index contributed by atoms with van der Waals surface area (Å²) in [5, 5.41) is 0.187. The van der Waals surface area contributed by atoms with Crippen LogP contribution in [0.25, 0.3) is 0 Å². The van der Waals surface area contributed by atoms with Crippen molar-refractivity contribution in [2.75, 3.05) is 32.8 Å². The Morgan fingerprint density at radius 2 is 1.61 bits per heavy atom. The van der Waals surface area contributed by atoms with Crippen LogP contribution in [-0.4, -0.2) is 62.4 Å². The number of piperazine rings is 1. The SMILES string of the molecule is O=C(C1COc2ccccc2O1)N1CCN(S(=O)(=O)c2ccccc2Cl)CC1. The van der Waals surface area contributed by atoms with Crippen molar-refractivity contribution >= 4 is 27.5 Å². The largest absolute Gasteiger partial charge is 0.485 e. The predicted molar refractivity (Wildman–Crippen MR) is 103 cm³/mol. The van der Waals surface area contributed by atoms with Gasteiger partial charge < -0.3 is 14.4 Å². The third kappa shape index (κ3) is 3.55. The molecule has 0 radical (unpaired) electrons. The summed E-state index contributed by atoms with van der Waals surface area (Å²) in [4.78, 5) is 14.5.